The van der Waals surface area contributed by atoms with E-state index in [2.05, 4.69) is 15.9 Å². The van der Waals surface area contributed by atoms with E-state index in [0.29, 0.717) is 0 Å². The van der Waals surface area contributed by atoms with Crippen LogP contribution >= 0.6 is 15.9 Å². The standard InChI is InChI=1S/C5H10BrFO3/c6-5(1-7)10-4(2-8)3-9/h4-5,8-9H,1-3H2. The van der Waals surface area contributed by atoms with Gasteiger partial charge in [0.15, 0.2) is 0 Å². The predicted octanol–water partition coefficient (Wildman–Crippen LogP) is 0.0467. The van der Waals surface area contributed by atoms with Crippen molar-refractivity contribution in [3.8, 4) is 0 Å². The smallest absolute Gasteiger partial charge is 0.141 e. The lowest BCUT2D eigenvalue weighted by Crippen LogP contribution is -2.26. The number of ether oxygens (including phenoxy) is 1. The summed E-state index contributed by atoms with van der Waals surface area (Å²) in [5, 5.41) is 16.1. The molecule has 0 aromatic carbocycles. The number of hydrogen-bond donors (Lipinski definition) is 2. The van der Waals surface area contributed by atoms with E-state index in [1.807, 2.05) is 0 Å². The summed E-state index contributed by atoms with van der Waals surface area (Å²) in [5.41, 5.74) is 0. The quantitative estimate of drug-likeness (QED) is 0.639. The second kappa shape index (κ2) is 6.03. The molecule has 0 amide bonds. The van der Waals surface area contributed by atoms with Gasteiger partial charge < -0.3 is 14.9 Å². The third kappa shape index (κ3) is 4.16. The molecule has 5 heteroatoms. The van der Waals surface area contributed by atoms with Gasteiger partial charge in [0, 0.05) is 0 Å². The molecule has 10 heavy (non-hydrogen) atoms. The highest BCUT2D eigenvalue weighted by molar-refractivity contribution is 9.09. The fourth-order valence-electron chi connectivity index (χ4n) is 0.389. The third-order valence-corrected chi connectivity index (χ3v) is 1.33. The summed E-state index contributed by atoms with van der Waals surface area (Å²) in [4.78, 5) is 0. The lowest BCUT2D eigenvalue weighted by atomic mass is 10.4. The highest BCUT2D eigenvalue weighted by Gasteiger charge is 2.11. The Labute approximate surface area is 66.9 Å². The molecule has 1 atom stereocenters. The second-order valence-electron chi connectivity index (χ2n) is 1.69. The highest BCUT2D eigenvalue weighted by atomic mass is 79.9. The Morgan fingerprint density at radius 1 is 1.40 bits per heavy atom. The monoisotopic (exact) mass is 216 g/mol. The number of hydrogen-bond acceptors (Lipinski definition) is 3. The van der Waals surface area contributed by atoms with Crippen molar-refractivity contribution in [1.29, 1.82) is 0 Å². The van der Waals surface area contributed by atoms with Crippen LogP contribution in [-0.2, 0) is 4.74 Å². The molecule has 2 N–H and O–H groups in total. The van der Waals surface area contributed by atoms with Crippen molar-refractivity contribution in [2.24, 2.45) is 0 Å². The number of halogens is 2. The van der Waals surface area contributed by atoms with Gasteiger partial charge in [0.2, 0.25) is 0 Å². The Balaban J connectivity index is 3.41. The van der Waals surface area contributed by atoms with Gasteiger partial charge in [-0.05, 0) is 0 Å². The van der Waals surface area contributed by atoms with E-state index in [-0.39, 0.29) is 13.2 Å². The number of aliphatic hydroxyl groups is 2. The number of rotatable bonds is 5. The van der Waals surface area contributed by atoms with E-state index in [1.165, 1.54) is 0 Å². The summed E-state index contributed by atoms with van der Waals surface area (Å²) in [7, 11) is 0. The molecule has 0 fully saturated rings. The zero-order valence-electron chi connectivity index (χ0n) is 5.33. The minimum atomic E-state index is -0.739. The molecule has 1 unspecified atom stereocenters. The van der Waals surface area contributed by atoms with E-state index in [4.69, 9.17) is 14.9 Å². The Hall–Kier alpha value is 0.290. The average molecular weight is 217 g/mol. The van der Waals surface area contributed by atoms with Gasteiger partial charge in [-0.1, -0.05) is 15.9 Å². The molecule has 0 saturated carbocycles. The maximum atomic E-state index is 11.7. The number of aliphatic hydroxyl groups excluding tert-OH is 2. The SMILES string of the molecule is OCC(CO)OC(Br)CF. The predicted molar refractivity (Wildman–Crippen MR) is 37.7 cm³/mol. The first-order valence-electron chi connectivity index (χ1n) is 2.81. The molecule has 0 rings (SSSR count). The summed E-state index contributed by atoms with van der Waals surface area (Å²) in [6, 6.07) is 0. The summed E-state index contributed by atoms with van der Waals surface area (Å²) < 4.78 is 16.4. The van der Waals surface area contributed by atoms with Crippen molar-refractivity contribution in [3.63, 3.8) is 0 Å². The van der Waals surface area contributed by atoms with E-state index in [0.717, 1.165) is 0 Å². The molecule has 0 aliphatic rings. The molecule has 0 bridgehead atoms. The van der Waals surface area contributed by atoms with Crippen LogP contribution in [-0.4, -0.2) is 41.2 Å². The zero-order valence-corrected chi connectivity index (χ0v) is 6.92. The molecule has 62 valence electrons. The molecule has 0 aliphatic heterocycles. The van der Waals surface area contributed by atoms with Crippen molar-refractivity contribution in [1.82, 2.24) is 0 Å². The van der Waals surface area contributed by atoms with Crippen LogP contribution in [0.4, 0.5) is 4.39 Å². The molecule has 0 saturated heterocycles. The topological polar surface area (TPSA) is 49.7 Å². The minimum absolute atomic E-state index is 0.307. The first-order chi connectivity index (χ1) is 4.74. The fourth-order valence-corrected chi connectivity index (χ4v) is 0.694. The Bertz CT molecular complexity index is 79.3. The van der Waals surface area contributed by atoms with E-state index < -0.39 is 17.8 Å². The molecule has 3 nitrogen and oxygen atoms in total. The first-order valence-corrected chi connectivity index (χ1v) is 3.73. The van der Waals surface area contributed by atoms with Crippen LogP contribution in [0.15, 0.2) is 0 Å². The summed E-state index contributed by atoms with van der Waals surface area (Å²) >= 11 is 2.84. The van der Waals surface area contributed by atoms with Crippen molar-refractivity contribution in [2.45, 2.75) is 11.1 Å². The second-order valence-corrected chi connectivity index (χ2v) is 2.71. The Morgan fingerprint density at radius 2 is 1.90 bits per heavy atom. The molecule has 0 spiro atoms. The highest BCUT2D eigenvalue weighted by Crippen LogP contribution is 2.05. The summed E-state index contributed by atoms with van der Waals surface area (Å²) in [5.74, 6) is 0. The van der Waals surface area contributed by atoms with Crippen molar-refractivity contribution in [2.75, 3.05) is 19.9 Å². The van der Waals surface area contributed by atoms with Crippen molar-refractivity contribution < 1.29 is 19.3 Å². The first kappa shape index (κ1) is 10.3. The Morgan fingerprint density at radius 3 is 2.20 bits per heavy atom. The van der Waals surface area contributed by atoms with Crippen LogP contribution < -0.4 is 0 Å². The van der Waals surface area contributed by atoms with Crippen LogP contribution in [0.3, 0.4) is 0 Å². The van der Waals surface area contributed by atoms with Gasteiger partial charge in [-0.3, -0.25) is 0 Å². The fraction of sp³-hybridized carbons (Fsp3) is 1.00. The molecule has 0 aromatic heterocycles. The van der Waals surface area contributed by atoms with E-state index in [1.54, 1.807) is 0 Å². The zero-order chi connectivity index (χ0) is 7.98. The van der Waals surface area contributed by atoms with Crippen LogP contribution in [0.25, 0.3) is 0 Å². The van der Waals surface area contributed by atoms with Gasteiger partial charge in [-0.2, -0.15) is 0 Å². The van der Waals surface area contributed by atoms with Gasteiger partial charge in [0.1, 0.15) is 17.8 Å². The van der Waals surface area contributed by atoms with E-state index in [9.17, 15) is 4.39 Å². The largest absolute Gasteiger partial charge is 0.394 e. The van der Waals surface area contributed by atoms with Crippen LogP contribution in [0.2, 0.25) is 0 Å². The molecular formula is C5H10BrFO3. The van der Waals surface area contributed by atoms with Gasteiger partial charge >= 0.3 is 0 Å². The lowest BCUT2D eigenvalue weighted by molar-refractivity contribution is -0.0346. The van der Waals surface area contributed by atoms with Gasteiger partial charge in [0.25, 0.3) is 0 Å². The normalized spacial score (nSPS) is 14.1. The minimum Gasteiger partial charge on any atom is -0.394 e. The Kier molecular flexibility index (Phi) is 6.20. The summed E-state index contributed by atoms with van der Waals surface area (Å²) in [6.45, 7) is -1.30. The maximum Gasteiger partial charge on any atom is 0.141 e. The van der Waals surface area contributed by atoms with Crippen LogP contribution in [0, 0.1) is 0 Å². The third-order valence-electron chi connectivity index (χ3n) is 0.869. The van der Waals surface area contributed by atoms with Crippen molar-refractivity contribution >= 4 is 15.9 Å². The molecule has 0 aromatic rings. The molecule has 0 aliphatic carbocycles. The molecule has 0 radical (unpaired) electrons. The number of alkyl halides is 2. The van der Waals surface area contributed by atoms with Crippen LogP contribution in [0.5, 0.6) is 0 Å². The molecular weight excluding hydrogens is 207 g/mol. The van der Waals surface area contributed by atoms with Crippen LogP contribution in [0.1, 0.15) is 0 Å². The lowest BCUT2D eigenvalue weighted by Gasteiger charge is -2.14. The van der Waals surface area contributed by atoms with Gasteiger partial charge in [-0.15, -0.1) is 0 Å². The average Bonchev–Trinajstić information content (AvgIpc) is 1.99. The van der Waals surface area contributed by atoms with Gasteiger partial charge in [-0.25, -0.2) is 4.39 Å². The van der Waals surface area contributed by atoms with Gasteiger partial charge in [0.05, 0.1) is 13.2 Å². The maximum absolute atomic E-state index is 11.7. The summed E-state index contributed by atoms with van der Waals surface area (Å²) in [6.07, 6.45) is -0.694. The van der Waals surface area contributed by atoms with E-state index >= 15 is 0 Å². The van der Waals surface area contributed by atoms with Crippen molar-refractivity contribution in [3.05, 3.63) is 0 Å². The molecule has 0 heterocycles.